The lowest BCUT2D eigenvalue weighted by molar-refractivity contribution is -0.120. The Balaban J connectivity index is 1.41. The number of rotatable bonds is 6. The Morgan fingerprint density at radius 3 is 2.56 bits per heavy atom. The van der Waals surface area contributed by atoms with Crippen molar-refractivity contribution in [2.75, 3.05) is 0 Å². The molecule has 0 fully saturated rings. The standard InChI is InChI=1S/C23H19FN4O3S/c24-17-8-6-16(7-9-17)18-13-32-21-20(18)22(30)28(14-26-21)11-10-19(29)27-23(31)25-12-15-4-2-1-3-5-15/h1-9,13-14H,10-12H2,(H2,25,27,29,31). The number of nitrogens with zero attached hydrogens (tertiary/aromatic N) is 2. The van der Waals surface area contributed by atoms with E-state index in [1.165, 1.54) is 34.4 Å². The van der Waals surface area contributed by atoms with Gasteiger partial charge in [-0.05, 0) is 23.3 Å². The second-order valence-corrected chi connectivity index (χ2v) is 7.90. The first-order valence-electron chi connectivity index (χ1n) is 9.85. The molecule has 32 heavy (non-hydrogen) atoms. The van der Waals surface area contributed by atoms with Gasteiger partial charge in [-0.2, -0.15) is 0 Å². The molecule has 0 aliphatic carbocycles. The zero-order valence-corrected chi connectivity index (χ0v) is 17.7. The molecular formula is C23H19FN4O3S. The van der Waals surface area contributed by atoms with E-state index in [0.717, 1.165) is 5.56 Å². The Bertz CT molecular complexity index is 1320. The first kappa shape index (κ1) is 21.4. The van der Waals surface area contributed by atoms with E-state index in [1.807, 2.05) is 30.3 Å². The van der Waals surface area contributed by atoms with Gasteiger partial charge in [0.25, 0.3) is 5.56 Å². The van der Waals surface area contributed by atoms with Gasteiger partial charge in [0.2, 0.25) is 5.91 Å². The third kappa shape index (κ3) is 4.89. The van der Waals surface area contributed by atoms with Crippen LogP contribution in [0, 0.1) is 5.82 Å². The second kappa shape index (κ2) is 9.52. The summed E-state index contributed by atoms with van der Waals surface area (Å²) in [7, 11) is 0. The van der Waals surface area contributed by atoms with Crippen molar-refractivity contribution >= 4 is 33.5 Å². The number of fused-ring (bicyclic) bond motifs is 1. The van der Waals surface area contributed by atoms with Crippen LogP contribution in [0.5, 0.6) is 0 Å². The maximum absolute atomic E-state index is 13.2. The monoisotopic (exact) mass is 450 g/mol. The van der Waals surface area contributed by atoms with E-state index in [4.69, 9.17) is 0 Å². The summed E-state index contributed by atoms with van der Waals surface area (Å²) in [6.45, 7) is 0.364. The number of nitrogens with one attached hydrogen (secondary N) is 2. The molecule has 162 valence electrons. The van der Waals surface area contributed by atoms with Gasteiger partial charge >= 0.3 is 6.03 Å². The molecule has 9 heteroatoms. The average Bonchev–Trinajstić information content (AvgIpc) is 3.23. The molecule has 0 aliphatic rings. The Morgan fingerprint density at radius 2 is 1.81 bits per heavy atom. The predicted molar refractivity (Wildman–Crippen MR) is 121 cm³/mol. The largest absolute Gasteiger partial charge is 0.334 e. The third-order valence-corrected chi connectivity index (χ3v) is 5.73. The van der Waals surface area contributed by atoms with Crippen molar-refractivity contribution in [3.8, 4) is 11.1 Å². The molecule has 2 N–H and O–H groups in total. The summed E-state index contributed by atoms with van der Waals surface area (Å²) in [4.78, 5) is 41.9. The molecule has 3 amide bonds. The highest BCUT2D eigenvalue weighted by molar-refractivity contribution is 7.17. The fourth-order valence-electron chi connectivity index (χ4n) is 3.20. The van der Waals surface area contributed by atoms with Gasteiger partial charge in [0.15, 0.2) is 0 Å². The highest BCUT2D eigenvalue weighted by Gasteiger charge is 2.14. The van der Waals surface area contributed by atoms with Crippen LogP contribution in [-0.2, 0) is 17.9 Å². The quantitative estimate of drug-likeness (QED) is 0.469. The first-order valence-corrected chi connectivity index (χ1v) is 10.7. The number of aryl methyl sites for hydroxylation is 1. The van der Waals surface area contributed by atoms with Gasteiger partial charge in [-0.15, -0.1) is 11.3 Å². The Kier molecular flexibility index (Phi) is 6.37. The fraction of sp³-hybridized carbons (Fsp3) is 0.130. The van der Waals surface area contributed by atoms with Gasteiger partial charge in [-0.1, -0.05) is 42.5 Å². The summed E-state index contributed by atoms with van der Waals surface area (Å²) in [6, 6.07) is 14.6. The molecular weight excluding hydrogens is 431 g/mol. The normalized spacial score (nSPS) is 10.8. The summed E-state index contributed by atoms with van der Waals surface area (Å²) < 4.78 is 14.6. The van der Waals surface area contributed by atoms with Crippen molar-refractivity contribution in [3.63, 3.8) is 0 Å². The Hall–Kier alpha value is -3.85. The average molecular weight is 450 g/mol. The predicted octanol–water partition coefficient (Wildman–Crippen LogP) is 3.68. The van der Waals surface area contributed by atoms with E-state index >= 15 is 0 Å². The molecule has 4 aromatic rings. The molecule has 0 bridgehead atoms. The highest BCUT2D eigenvalue weighted by atomic mass is 32.1. The van der Waals surface area contributed by atoms with Crippen LogP contribution in [0.2, 0.25) is 0 Å². The molecule has 2 aromatic heterocycles. The maximum Gasteiger partial charge on any atom is 0.321 e. The number of amides is 3. The minimum Gasteiger partial charge on any atom is -0.334 e. The Morgan fingerprint density at radius 1 is 1.06 bits per heavy atom. The number of halogens is 1. The number of aromatic nitrogens is 2. The van der Waals surface area contributed by atoms with Gasteiger partial charge < -0.3 is 5.32 Å². The lowest BCUT2D eigenvalue weighted by atomic mass is 10.1. The molecule has 0 radical (unpaired) electrons. The van der Waals surface area contributed by atoms with E-state index in [0.29, 0.717) is 27.9 Å². The molecule has 0 atom stereocenters. The SMILES string of the molecule is O=C(CCn1cnc2scc(-c3ccc(F)cc3)c2c1=O)NC(=O)NCc1ccccc1. The summed E-state index contributed by atoms with van der Waals surface area (Å²) in [5, 5.41) is 7.10. The van der Waals surface area contributed by atoms with Crippen LogP contribution in [0.3, 0.4) is 0 Å². The van der Waals surface area contributed by atoms with Crippen molar-refractivity contribution in [1.29, 1.82) is 0 Å². The zero-order valence-electron chi connectivity index (χ0n) is 16.9. The number of hydrogen-bond donors (Lipinski definition) is 2. The number of hydrogen-bond acceptors (Lipinski definition) is 5. The third-order valence-electron chi connectivity index (χ3n) is 4.84. The summed E-state index contributed by atoms with van der Waals surface area (Å²) in [5.74, 6) is -0.866. The van der Waals surface area contributed by atoms with Crippen LogP contribution in [0.1, 0.15) is 12.0 Å². The van der Waals surface area contributed by atoms with Crippen molar-refractivity contribution in [3.05, 3.63) is 88.0 Å². The lowest BCUT2D eigenvalue weighted by Gasteiger charge is -2.08. The molecule has 0 saturated heterocycles. The van der Waals surface area contributed by atoms with E-state index in [-0.39, 0.29) is 24.3 Å². The molecule has 0 aliphatic heterocycles. The summed E-state index contributed by atoms with van der Waals surface area (Å²) in [6.07, 6.45) is 1.32. The molecule has 7 nitrogen and oxygen atoms in total. The number of urea groups is 1. The maximum atomic E-state index is 13.2. The number of carbonyl (C=O) groups is 2. The van der Waals surface area contributed by atoms with Gasteiger partial charge in [0, 0.05) is 30.5 Å². The summed E-state index contributed by atoms with van der Waals surface area (Å²) >= 11 is 1.32. The van der Waals surface area contributed by atoms with Crippen LogP contribution in [0.25, 0.3) is 21.3 Å². The zero-order chi connectivity index (χ0) is 22.5. The van der Waals surface area contributed by atoms with E-state index in [2.05, 4.69) is 15.6 Å². The Labute approximate surface area is 186 Å². The molecule has 0 spiro atoms. The minimum atomic E-state index is -0.601. The molecule has 4 rings (SSSR count). The topological polar surface area (TPSA) is 93.1 Å². The second-order valence-electron chi connectivity index (χ2n) is 7.05. The van der Waals surface area contributed by atoms with E-state index < -0.39 is 11.9 Å². The molecule has 2 heterocycles. The summed E-state index contributed by atoms with van der Waals surface area (Å²) in [5.41, 5.74) is 1.99. The van der Waals surface area contributed by atoms with Crippen LogP contribution >= 0.6 is 11.3 Å². The fourth-order valence-corrected chi connectivity index (χ4v) is 4.11. The molecule has 0 unspecified atom stereocenters. The van der Waals surface area contributed by atoms with E-state index in [9.17, 15) is 18.8 Å². The van der Waals surface area contributed by atoms with Crippen molar-refractivity contribution in [2.24, 2.45) is 0 Å². The first-order chi connectivity index (χ1) is 15.5. The van der Waals surface area contributed by atoms with Gasteiger partial charge in [0.05, 0.1) is 11.7 Å². The molecule has 0 saturated carbocycles. The number of thiophene rings is 1. The highest BCUT2D eigenvalue weighted by Crippen LogP contribution is 2.30. The van der Waals surface area contributed by atoms with Crippen molar-refractivity contribution in [2.45, 2.75) is 19.5 Å². The van der Waals surface area contributed by atoms with Gasteiger partial charge in [0.1, 0.15) is 10.6 Å². The van der Waals surface area contributed by atoms with Crippen LogP contribution in [-0.4, -0.2) is 21.5 Å². The van der Waals surface area contributed by atoms with Crippen LogP contribution < -0.4 is 16.2 Å². The lowest BCUT2D eigenvalue weighted by Crippen LogP contribution is -2.39. The number of imide groups is 1. The van der Waals surface area contributed by atoms with Crippen LogP contribution in [0.4, 0.5) is 9.18 Å². The van der Waals surface area contributed by atoms with Gasteiger partial charge in [-0.3, -0.25) is 19.5 Å². The van der Waals surface area contributed by atoms with Gasteiger partial charge in [-0.25, -0.2) is 14.2 Å². The van der Waals surface area contributed by atoms with Crippen molar-refractivity contribution < 1.29 is 14.0 Å². The number of carbonyl (C=O) groups excluding carboxylic acids is 2. The van der Waals surface area contributed by atoms with E-state index in [1.54, 1.807) is 17.5 Å². The number of benzene rings is 2. The van der Waals surface area contributed by atoms with Crippen molar-refractivity contribution in [1.82, 2.24) is 20.2 Å². The smallest absolute Gasteiger partial charge is 0.321 e. The molecule has 2 aromatic carbocycles. The minimum absolute atomic E-state index is 0.0676. The van der Waals surface area contributed by atoms with Crippen LogP contribution in [0.15, 0.2) is 71.1 Å².